The van der Waals surface area contributed by atoms with Crippen molar-refractivity contribution in [2.24, 2.45) is 5.41 Å². The summed E-state index contributed by atoms with van der Waals surface area (Å²) < 4.78 is 0. The second-order valence-corrected chi connectivity index (χ2v) is 2.60. The number of nitrogens with zero attached hydrogens (tertiary/aromatic N) is 1. The zero-order valence-corrected chi connectivity index (χ0v) is 6.22. The van der Waals surface area contributed by atoms with Gasteiger partial charge in [-0.3, -0.25) is 4.79 Å². The molecule has 0 saturated carbocycles. The van der Waals surface area contributed by atoms with E-state index >= 15 is 0 Å². The molecule has 0 rings (SSSR count). The SMILES string of the molecule is CC[C@@](C)(C#N)CC(=O)O. The van der Waals surface area contributed by atoms with Crippen LogP contribution in [0, 0.1) is 16.7 Å². The maximum atomic E-state index is 10.2. The van der Waals surface area contributed by atoms with E-state index < -0.39 is 11.4 Å². The Hall–Kier alpha value is -1.04. The van der Waals surface area contributed by atoms with Crippen LogP contribution in [0.4, 0.5) is 0 Å². The third kappa shape index (κ3) is 2.49. The van der Waals surface area contributed by atoms with Crippen LogP contribution in [0.25, 0.3) is 0 Å². The molecule has 0 radical (unpaired) electrons. The molecule has 56 valence electrons. The van der Waals surface area contributed by atoms with Gasteiger partial charge >= 0.3 is 5.97 Å². The highest BCUT2D eigenvalue weighted by molar-refractivity contribution is 5.68. The molecular weight excluding hydrogens is 130 g/mol. The lowest BCUT2D eigenvalue weighted by atomic mass is 9.86. The first-order valence-corrected chi connectivity index (χ1v) is 3.17. The highest BCUT2D eigenvalue weighted by atomic mass is 16.4. The van der Waals surface area contributed by atoms with Gasteiger partial charge in [-0.1, -0.05) is 6.92 Å². The van der Waals surface area contributed by atoms with E-state index in [1.807, 2.05) is 13.0 Å². The highest BCUT2D eigenvalue weighted by Crippen LogP contribution is 2.23. The van der Waals surface area contributed by atoms with Gasteiger partial charge in [0, 0.05) is 0 Å². The summed E-state index contributed by atoms with van der Waals surface area (Å²) in [6.45, 7) is 3.47. The Kier molecular flexibility index (Phi) is 2.88. The summed E-state index contributed by atoms with van der Waals surface area (Å²) in [6.07, 6.45) is 0.510. The van der Waals surface area contributed by atoms with E-state index in [0.717, 1.165) is 0 Å². The van der Waals surface area contributed by atoms with E-state index in [2.05, 4.69) is 0 Å². The molecule has 1 N–H and O–H groups in total. The Labute approximate surface area is 60.3 Å². The van der Waals surface area contributed by atoms with Crippen LogP contribution in [-0.4, -0.2) is 11.1 Å². The van der Waals surface area contributed by atoms with Crippen LogP contribution in [0.3, 0.4) is 0 Å². The number of hydrogen-bond acceptors (Lipinski definition) is 2. The lowest BCUT2D eigenvalue weighted by Crippen LogP contribution is -2.17. The average molecular weight is 141 g/mol. The topological polar surface area (TPSA) is 61.1 Å². The summed E-state index contributed by atoms with van der Waals surface area (Å²) in [5, 5.41) is 16.9. The minimum Gasteiger partial charge on any atom is -0.481 e. The van der Waals surface area contributed by atoms with E-state index in [4.69, 9.17) is 10.4 Å². The fourth-order valence-electron chi connectivity index (χ4n) is 0.577. The van der Waals surface area contributed by atoms with E-state index in [1.54, 1.807) is 6.92 Å². The molecule has 0 amide bonds. The van der Waals surface area contributed by atoms with Crippen molar-refractivity contribution in [2.75, 3.05) is 0 Å². The van der Waals surface area contributed by atoms with Gasteiger partial charge in [0.25, 0.3) is 0 Å². The van der Waals surface area contributed by atoms with Crippen molar-refractivity contribution in [3.05, 3.63) is 0 Å². The van der Waals surface area contributed by atoms with Crippen LogP contribution in [0.2, 0.25) is 0 Å². The van der Waals surface area contributed by atoms with Crippen molar-refractivity contribution >= 4 is 5.97 Å². The molecule has 0 bridgehead atoms. The Morgan fingerprint density at radius 3 is 2.40 bits per heavy atom. The van der Waals surface area contributed by atoms with Gasteiger partial charge in [0.05, 0.1) is 17.9 Å². The molecule has 10 heavy (non-hydrogen) atoms. The molecule has 3 heteroatoms. The van der Waals surface area contributed by atoms with Gasteiger partial charge < -0.3 is 5.11 Å². The van der Waals surface area contributed by atoms with Crippen LogP contribution in [-0.2, 0) is 4.79 Å². The Morgan fingerprint density at radius 2 is 2.30 bits per heavy atom. The Morgan fingerprint density at radius 1 is 1.80 bits per heavy atom. The Balaban J connectivity index is 4.10. The number of carboxylic acid groups (broad SMARTS) is 1. The first-order valence-electron chi connectivity index (χ1n) is 3.17. The lowest BCUT2D eigenvalue weighted by Gasteiger charge is -2.15. The number of hydrogen-bond donors (Lipinski definition) is 1. The fourth-order valence-corrected chi connectivity index (χ4v) is 0.577. The molecule has 0 aliphatic carbocycles. The van der Waals surface area contributed by atoms with Crippen LogP contribution in [0.15, 0.2) is 0 Å². The second kappa shape index (κ2) is 3.21. The molecule has 0 fully saturated rings. The summed E-state index contributed by atoms with van der Waals surface area (Å²) in [5.41, 5.74) is -0.689. The van der Waals surface area contributed by atoms with Gasteiger partial charge in [0.1, 0.15) is 0 Å². The molecule has 0 aliphatic heterocycles. The number of aliphatic carboxylic acids is 1. The van der Waals surface area contributed by atoms with Gasteiger partial charge in [0.15, 0.2) is 0 Å². The van der Waals surface area contributed by atoms with E-state index in [9.17, 15) is 4.79 Å². The second-order valence-electron chi connectivity index (χ2n) is 2.60. The number of carboxylic acids is 1. The monoisotopic (exact) mass is 141 g/mol. The lowest BCUT2D eigenvalue weighted by molar-refractivity contribution is -0.138. The van der Waals surface area contributed by atoms with Crippen molar-refractivity contribution in [3.63, 3.8) is 0 Å². The summed E-state index contributed by atoms with van der Waals surface area (Å²) in [5.74, 6) is -0.911. The van der Waals surface area contributed by atoms with Crippen molar-refractivity contribution in [1.82, 2.24) is 0 Å². The van der Waals surface area contributed by atoms with Crippen molar-refractivity contribution in [2.45, 2.75) is 26.7 Å². The first-order chi connectivity index (χ1) is 4.54. The maximum Gasteiger partial charge on any atom is 0.304 e. The number of carbonyl (C=O) groups is 1. The highest BCUT2D eigenvalue weighted by Gasteiger charge is 2.24. The average Bonchev–Trinajstić information content (AvgIpc) is 1.87. The third-order valence-electron chi connectivity index (χ3n) is 1.59. The van der Waals surface area contributed by atoms with E-state index in [1.165, 1.54) is 0 Å². The number of nitriles is 1. The normalized spacial score (nSPS) is 15.3. The zero-order chi connectivity index (χ0) is 8.20. The largest absolute Gasteiger partial charge is 0.481 e. The fraction of sp³-hybridized carbons (Fsp3) is 0.714. The van der Waals surface area contributed by atoms with Crippen LogP contribution < -0.4 is 0 Å². The van der Waals surface area contributed by atoms with Crippen LogP contribution >= 0.6 is 0 Å². The van der Waals surface area contributed by atoms with Crippen molar-refractivity contribution in [3.8, 4) is 6.07 Å². The van der Waals surface area contributed by atoms with Crippen molar-refractivity contribution < 1.29 is 9.90 Å². The summed E-state index contributed by atoms with van der Waals surface area (Å²) in [7, 11) is 0. The van der Waals surface area contributed by atoms with Gasteiger partial charge in [0.2, 0.25) is 0 Å². The summed E-state index contributed by atoms with van der Waals surface area (Å²) >= 11 is 0. The minimum absolute atomic E-state index is 0.0694. The van der Waals surface area contributed by atoms with Gasteiger partial charge in [-0.05, 0) is 13.3 Å². The molecule has 0 aromatic heterocycles. The van der Waals surface area contributed by atoms with Crippen molar-refractivity contribution in [1.29, 1.82) is 5.26 Å². The molecule has 0 aromatic rings. The standard InChI is InChI=1S/C7H11NO2/c1-3-7(2,5-8)4-6(9)10/h3-4H2,1-2H3,(H,9,10)/t7-/m1/s1. The molecule has 0 unspecified atom stereocenters. The van der Waals surface area contributed by atoms with Gasteiger partial charge in [-0.15, -0.1) is 0 Å². The predicted molar refractivity (Wildman–Crippen MR) is 36.3 cm³/mol. The smallest absolute Gasteiger partial charge is 0.304 e. The minimum atomic E-state index is -0.911. The molecule has 3 nitrogen and oxygen atoms in total. The molecule has 0 heterocycles. The maximum absolute atomic E-state index is 10.2. The van der Waals surface area contributed by atoms with E-state index in [0.29, 0.717) is 6.42 Å². The summed E-state index contributed by atoms with van der Waals surface area (Å²) in [4.78, 5) is 10.2. The van der Waals surface area contributed by atoms with Crippen LogP contribution in [0.5, 0.6) is 0 Å². The molecule has 0 aliphatic rings. The zero-order valence-electron chi connectivity index (χ0n) is 6.22. The van der Waals surface area contributed by atoms with Gasteiger partial charge in [-0.2, -0.15) is 5.26 Å². The predicted octanol–water partition coefficient (Wildman–Crippen LogP) is 1.40. The first kappa shape index (κ1) is 8.96. The molecular formula is C7H11NO2. The molecule has 0 aromatic carbocycles. The Bertz CT molecular complexity index is 171. The molecule has 0 spiro atoms. The number of rotatable bonds is 3. The van der Waals surface area contributed by atoms with Crippen LogP contribution in [0.1, 0.15) is 26.7 Å². The van der Waals surface area contributed by atoms with Gasteiger partial charge in [-0.25, -0.2) is 0 Å². The quantitative estimate of drug-likeness (QED) is 0.646. The summed E-state index contributed by atoms with van der Waals surface area (Å²) in [6, 6.07) is 1.98. The molecule has 1 atom stereocenters. The van der Waals surface area contributed by atoms with E-state index in [-0.39, 0.29) is 6.42 Å². The molecule has 0 saturated heterocycles. The third-order valence-corrected chi connectivity index (χ3v) is 1.59.